The highest BCUT2D eigenvalue weighted by Gasteiger charge is 2.04. The first-order chi connectivity index (χ1) is 4.79. The zero-order valence-electron chi connectivity index (χ0n) is 6.88. The third-order valence-corrected chi connectivity index (χ3v) is 1.96. The second-order valence-corrected chi connectivity index (χ2v) is 3.22. The van der Waals surface area contributed by atoms with Gasteiger partial charge in [0.15, 0.2) is 0 Å². The summed E-state index contributed by atoms with van der Waals surface area (Å²) in [7, 11) is 2.12. The molecule has 0 fully saturated rings. The van der Waals surface area contributed by atoms with Crippen LogP contribution in [-0.2, 0) is 0 Å². The Morgan fingerprint density at radius 1 is 1.60 bits per heavy atom. The zero-order valence-corrected chi connectivity index (χ0v) is 6.88. The molecule has 1 aliphatic heterocycles. The van der Waals surface area contributed by atoms with Crippen LogP contribution in [0, 0.1) is 5.92 Å². The van der Waals surface area contributed by atoms with Gasteiger partial charge >= 0.3 is 0 Å². The van der Waals surface area contributed by atoms with Gasteiger partial charge in [-0.05, 0) is 32.4 Å². The van der Waals surface area contributed by atoms with Crippen LogP contribution in [0.2, 0.25) is 0 Å². The van der Waals surface area contributed by atoms with Gasteiger partial charge in [0.25, 0.3) is 0 Å². The minimum atomic E-state index is 0.812. The van der Waals surface area contributed by atoms with Gasteiger partial charge in [0.05, 0.1) is 6.67 Å². The smallest absolute Gasteiger partial charge is 0.0902 e. The molecule has 0 saturated carbocycles. The van der Waals surface area contributed by atoms with Gasteiger partial charge in [-0.1, -0.05) is 6.92 Å². The lowest BCUT2D eigenvalue weighted by molar-refractivity contribution is 0.310. The molecule has 1 rings (SSSR count). The summed E-state index contributed by atoms with van der Waals surface area (Å²) >= 11 is 0. The molecule has 10 heavy (non-hydrogen) atoms. The molecule has 0 N–H and O–H groups in total. The number of nitrogens with zero attached hydrogens (tertiary/aromatic N) is 2. The van der Waals surface area contributed by atoms with E-state index in [0.717, 1.165) is 19.0 Å². The van der Waals surface area contributed by atoms with E-state index in [0.29, 0.717) is 0 Å². The molecule has 0 aromatic heterocycles. The van der Waals surface area contributed by atoms with E-state index in [9.17, 15) is 0 Å². The highest BCUT2D eigenvalue weighted by molar-refractivity contribution is 5.57. The zero-order chi connectivity index (χ0) is 7.40. The van der Waals surface area contributed by atoms with Crippen LogP contribution < -0.4 is 0 Å². The molecule has 0 bridgehead atoms. The van der Waals surface area contributed by atoms with Crippen molar-refractivity contribution in [3.05, 3.63) is 0 Å². The summed E-state index contributed by atoms with van der Waals surface area (Å²) in [4.78, 5) is 6.52. The van der Waals surface area contributed by atoms with Crippen molar-refractivity contribution in [1.29, 1.82) is 0 Å². The molecule has 0 aromatic rings. The molecule has 0 aliphatic carbocycles. The Morgan fingerprint density at radius 2 is 2.40 bits per heavy atom. The highest BCUT2D eigenvalue weighted by atomic mass is 15.2. The first-order valence-electron chi connectivity index (χ1n) is 3.96. The van der Waals surface area contributed by atoms with Crippen LogP contribution in [0.4, 0.5) is 0 Å². The molecule has 2 heteroatoms. The van der Waals surface area contributed by atoms with Gasteiger partial charge in [-0.25, -0.2) is 0 Å². The normalized spacial score (nSPS) is 32.8. The molecule has 0 amide bonds. The molecular formula is C8H16N2. The second-order valence-electron chi connectivity index (χ2n) is 3.22. The first-order valence-corrected chi connectivity index (χ1v) is 3.96. The van der Waals surface area contributed by atoms with Crippen LogP contribution in [0.3, 0.4) is 0 Å². The van der Waals surface area contributed by atoms with Crippen LogP contribution in [-0.4, -0.2) is 31.4 Å². The Morgan fingerprint density at radius 3 is 3.20 bits per heavy atom. The molecular weight excluding hydrogens is 124 g/mol. The van der Waals surface area contributed by atoms with E-state index in [1.54, 1.807) is 0 Å². The lowest BCUT2D eigenvalue weighted by Gasteiger charge is -2.18. The molecule has 58 valence electrons. The summed E-state index contributed by atoms with van der Waals surface area (Å²) in [6.07, 6.45) is 4.52. The Balaban J connectivity index is 2.37. The predicted molar refractivity (Wildman–Crippen MR) is 44.4 cm³/mol. The Hall–Kier alpha value is -0.370. The third-order valence-electron chi connectivity index (χ3n) is 1.96. The van der Waals surface area contributed by atoms with Gasteiger partial charge in [0, 0.05) is 6.21 Å². The fraction of sp³-hybridized carbons (Fsp3) is 0.875. The van der Waals surface area contributed by atoms with Crippen molar-refractivity contribution < 1.29 is 0 Å². The second kappa shape index (κ2) is 3.71. The van der Waals surface area contributed by atoms with E-state index >= 15 is 0 Å². The highest BCUT2D eigenvalue weighted by Crippen LogP contribution is 2.08. The van der Waals surface area contributed by atoms with Crippen molar-refractivity contribution in [2.45, 2.75) is 19.8 Å². The molecule has 1 atom stereocenters. The maximum Gasteiger partial charge on any atom is 0.0902 e. The van der Waals surface area contributed by atoms with Gasteiger partial charge in [-0.3, -0.25) is 9.89 Å². The van der Waals surface area contributed by atoms with Gasteiger partial charge in [-0.15, -0.1) is 0 Å². The van der Waals surface area contributed by atoms with E-state index in [1.165, 1.54) is 13.0 Å². The average molecular weight is 140 g/mol. The fourth-order valence-electron chi connectivity index (χ4n) is 1.08. The number of hydrogen-bond donors (Lipinski definition) is 0. The SMILES string of the molecule is C[C@H]1C/C=N/CN(C)CC1. The monoisotopic (exact) mass is 140 g/mol. The Bertz CT molecular complexity index is 106. The van der Waals surface area contributed by atoms with Crippen molar-refractivity contribution in [3.63, 3.8) is 0 Å². The van der Waals surface area contributed by atoms with Crippen LogP contribution in [0.1, 0.15) is 19.8 Å². The number of hydrogen-bond acceptors (Lipinski definition) is 2. The molecule has 0 aromatic carbocycles. The standard InChI is InChI=1S/C8H16N2/c1-8-3-5-9-7-10(2)6-4-8/h5,8H,3-4,6-7H2,1-2H3/b9-5+/t8-/m0/s1. The summed E-state index contributed by atoms with van der Waals surface area (Å²) in [5, 5.41) is 0. The minimum absolute atomic E-state index is 0.812. The van der Waals surface area contributed by atoms with Gasteiger partial charge < -0.3 is 0 Å². The lowest BCUT2D eigenvalue weighted by atomic mass is 10.0. The number of aliphatic imine (C=N–C) groups is 1. The first kappa shape index (κ1) is 7.73. The molecule has 0 radical (unpaired) electrons. The van der Waals surface area contributed by atoms with Crippen LogP contribution in [0.15, 0.2) is 4.99 Å². The lowest BCUT2D eigenvalue weighted by Crippen LogP contribution is -2.23. The average Bonchev–Trinajstić information content (AvgIpc) is 1.90. The van der Waals surface area contributed by atoms with E-state index in [4.69, 9.17) is 0 Å². The fourth-order valence-corrected chi connectivity index (χ4v) is 1.08. The predicted octanol–water partition coefficient (Wildman–Crippen LogP) is 1.38. The maximum atomic E-state index is 4.26. The molecule has 0 spiro atoms. The Kier molecular flexibility index (Phi) is 2.87. The molecule has 2 nitrogen and oxygen atoms in total. The molecule has 1 heterocycles. The van der Waals surface area contributed by atoms with E-state index < -0.39 is 0 Å². The topological polar surface area (TPSA) is 15.6 Å². The molecule has 0 saturated heterocycles. The summed E-state index contributed by atoms with van der Waals surface area (Å²) in [6, 6.07) is 0. The summed E-state index contributed by atoms with van der Waals surface area (Å²) in [5.41, 5.74) is 0. The van der Waals surface area contributed by atoms with Crippen molar-refractivity contribution in [3.8, 4) is 0 Å². The van der Waals surface area contributed by atoms with Crippen molar-refractivity contribution in [2.75, 3.05) is 20.3 Å². The number of rotatable bonds is 0. The Labute approximate surface area is 62.9 Å². The van der Waals surface area contributed by atoms with Crippen LogP contribution >= 0.6 is 0 Å². The van der Waals surface area contributed by atoms with Crippen molar-refractivity contribution in [1.82, 2.24) is 4.90 Å². The largest absolute Gasteiger partial charge is 0.288 e. The molecule has 1 aliphatic rings. The van der Waals surface area contributed by atoms with E-state index in [2.05, 4.69) is 30.1 Å². The van der Waals surface area contributed by atoms with Crippen LogP contribution in [0.25, 0.3) is 0 Å². The van der Waals surface area contributed by atoms with Crippen molar-refractivity contribution in [2.24, 2.45) is 10.9 Å². The van der Waals surface area contributed by atoms with Gasteiger partial charge in [-0.2, -0.15) is 0 Å². The van der Waals surface area contributed by atoms with Crippen molar-refractivity contribution >= 4 is 6.21 Å². The summed E-state index contributed by atoms with van der Waals surface area (Å²) in [5.74, 6) is 0.812. The quantitative estimate of drug-likeness (QED) is 0.496. The van der Waals surface area contributed by atoms with Crippen LogP contribution in [0.5, 0.6) is 0 Å². The third kappa shape index (κ3) is 2.48. The summed E-state index contributed by atoms with van der Waals surface area (Å²) in [6.45, 7) is 4.36. The van der Waals surface area contributed by atoms with E-state index in [1.807, 2.05) is 0 Å². The minimum Gasteiger partial charge on any atom is -0.288 e. The van der Waals surface area contributed by atoms with Gasteiger partial charge in [0.1, 0.15) is 0 Å². The molecule has 0 unspecified atom stereocenters. The van der Waals surface area contributed by atoms with E-state index in [-0.39, 0.29) is 0 Å². The summed E-state index contributed by atoms with van der Waals surface area (Å²) < 4.78 is 0. The van der Waals surface area contributed by atoms with Gasteiger partial charge in [0.2, 0.25) is 0 Å². The maximum absolute atomic E-state index is 4.26.